The molecule has 0 bridgehead atoms. The van der Waals surface area contributed by atoms with Crippen LogP contribution in [0, 0.1) is 0 Å². The van der Waals surface area contributed by atoms with Crippen LogP contribution in [0.1, 0.15) is 6.92 Å². The predicted octanol–water partition coefficient (Wildman–Crippen LogP) is 2.01. The van der Waals surface area contributed by atoms with Crippen molar-refractivity contribution in [3.05, 3.63) is 18.2 Å². The summed E-state index contributed by atoms with van der Waals surface area (Å²) in [5.41, 5.74) is 0.785. The Kier molecular flexibility index (Phi) is 4.85. The highest BCUT2D eigenvalue weighted by atomic mass is 32.1. The highest BCUT2D eigenvalue weighted by molar-refractivity contribution is 7.80. The number of thiocarbonyl (C=S) groups is 1. The molecule has 0 aliphatic rings. The molecule has 0 saturated carbocycles. The lowest BCUT2D eigenvalue weighted by Crippen LogP contribution is -2.28. The molecule has 5 heteroatoms. The molecule has 88 valence electrons. The van der Waals surface area contributed by atoms with Crippen molar-refractivity contribution >= 4 is 23.0 Å². The Bertz CT molecular complexity index is 369. The topological polar surface area (TPSA) is 42.5 Å². The molecule has 1 aromatic rings. The number of benzene rings is 1. The second kappa shape index (κ2) is 6.17. The molecule has 0 amide bonds. The van der Waals surface area contributed by atoms with Gasteiger partial charge in [-0.25, -0.2) is 0 Å². The molecule has 16 heavy (non-hydrogen) atoms. The Hall–Kier alpha value is -1.49. The SMILES string of the molecule is CCNC(=S)Nc1cc(OC)ccc1OC. The van der Waals surface area contributed by atoms with E-state index in [1.165, 1.54) is 0 Å². The third-order valence-electron chi connectivity index (χ3n) is 1.99. The molecule has 0 aliphatic carbocycles. The van der Waals surface area contributed by atoms with Gasteiger partial charge in [0.1, 0.15) is 11.5 Å². The smallest absolute Gasteiger partial charge is 0.170 e. The molecule has 0 aliphatic heterocycles. The van der Waals surface area contributed by atoms with Crippen LogP contribution in [0.15, 0.2) is 18.2 Å². The fourth-order valence-corrected chi connectivity index (χ4v) is 1.49. The van der Waals surface area contributed by atoms with Crippen molar-refractivity contribution in [3.8, 4) is 11.5 Å². The van der Waals surface area contributed by atoms with Crippen molar-refractivity contribution in [2.45, 2.75) is 6.92 Å². The van der Waals surface area contributed by atoms with E-state index in [1.54, 1.807) is 14.2 Å². The number of nitrogens with one attached hydrogen (secondary N) is 2. The van der Waals surface area contributed by atoms with Crippen LogP contribution in [0.25, 0.3) is 0 Å². The first-order valence-electron chi connectivity index (χ1n) is 4.98. The minimum atomic E-state index is 0.564. The maximum Gasteiger partial charge on any atom is 0.170 e. The van der Waals surface area contributed by atoms with Gasteiger partial charge >= 0.3 is 0 Å². The summed E-state index contributed by atoms with van der Waals surface area (Å²) in [6.07, 6.45) is 0. The molecule has 0 aromatic heterocycles. The van der Waals surface area contributed by atoms with E-state index in [2.05, 4.69) is 10.6 Å². The molecule has 0 atom stereocenters. The molecule has 0 heterocycles. The summed E-state index contributed by atoms with van der Waals surface area (Å²) < 4.78 is 10.4. The summed E-state index contributed by atoms with van der Waals surface area (Å²) in [6, 6.07) is 5.50. The van der Waals surface area contributed by atoms with Crippen molar-refractivity contribution in [3.63, 3.8) is 0 Å². The predicted molar refractivity (Wildman–Crippen MR) is 69.4 cm³/mol. The first kappa shape index (κ1) is 12.6. The van der Waals surface area contributed by atoms with Crippen LogP contribution >= 0.6 is 12.2 Å². The van der Waals surface area contributed by atoms with Crippen molar-refractivity contribution < 1.29 is 9.47 Å². The average molecular weight is 240 g/mol. The third kappa shape index (κ3) is 3.27. The Morgan fingerprint density at radius 2 is 2.06 bits per heavy atom. The van der Waals surface area contributed by atoms with Gasteiger partial charge in [0, 0.05) is 12.6 Å². The Labute approximate surface area is 101 Å². The number of ether oxygens (including phenoxy) is 2. The van der Waals surface area contributed by atoms with Gasteiger partial charge in [0.15, 0.2) is 5.11 Å². The highest BCUT2D eigenvalue weighted by Gasteiger charge is 2.05. The van der Waals surface area contributed by atoms with E-state index in [-0.39, 0.29) is 0 Å². The van der Waals surface area contributed by atoms with Crippen LogP contribution in [0.2, 0.25) is 0 Å². The van der Waals surface area contributed by atoms with Crippen molar-refractivity contribution in [2.24, 2.45) is 0 Å². The Morgan fingerprint density at radius 3 is 2.62 bits per heavy atom. The van der Waals surface area contributed by atoms with Crippen LogP contribution in [-0.2, 0) is 0 Å². The fourth-order valence-electron chi connectivity index (χ4n) is 1.24. The molecule has 0 spiro atoms. The second-order valence-electron chi connectivity index (χ2n) is 3.05. The van der Waals surface area contributed by atoms with Gasteiger partial charge in [-0.05, 0) is 31.3 Å². The molecule has 0 saturated heterocycles. The lowest BCUT2D eigenvalue weighted by atomic mass is 10.2. The van der Waals surface area contributed by atoms with Crippen LogP contribution in [0.4, 0.5) is 5.69 Å². The minimum absolute atomic E-state index is 0.564. The Balaban J connectivity index is 2.86. The van der Waals surface area contributed by atoms with Gasteiger partial charge in [-0.2, -0.15) is 0 Å². The standard InChI is InChI=1S/C11H16N2O2S/c1-4-12-11(16)13-9-7-8(14-2)5-6-10(9)15-3/h5-7H,4H2,1-3H3,(H2,12,13,16). The second-order valence-corrected chi connectivity index (χ2v) is 3.46. The number of methoxy groups -OCH3 is 2. The van der Waals surface area contributed by atoms with Crippen LogP contribution in [-0.4, -0.2) is 25.9 Å². The van der Waals surface area contributed by atoms with Gasteiger partial charge in [-0.15, -0.1) is 0 Å². The van der Waals surface area contributed by atoms with Gasteiger partial charge in [0.25, 0.3) is 0 Å². The minimum Gasteiger partial charge on any atom is -0.497 e. The van der Waals surface area contributed by atoms with Gasteiger partial charge in [-0.3, -0.25) is 0 Å². The summed E-state index contributed by atoms with van der Waals surface area (Å²) in [7, 11) is 3.23. The van der Waals surface area contributed by atoms with Gasteiger partial charge in [0.05, 0.1) is 19.9 Å². The molecule has 4 nitrogen and oxygen atoms in total. The summed E-state index contributed by atoms with van der Waals surface area (Å²) in [5.74, 6) is 1.48. The van der Waals surface area contributed by atoms with Crippen molar-refractivity contribution in [2.75, 3.05) is 26.1 Å². The first-order valence-corrected chi connectivity index (χ1v) is 5.39. The maximum atomic E-state index is 5.22. The number of anilines is 1. The van der Waals surface area contributed by atoms with E-state index in [9.17, 15) is 0 Å². The Morgan fingerprint density at radius 1 is 1.31 bits per heavy atom. The quantitative estimate of drug-likeness (QED) is 0.788. The summed E-state index contributed by atoms with van der Waals surface area (Å²) in [6.45, 7) is 2.76. The van der Waals surface area contributed by atoms with E-state index in [4.69, 9.17) is 21.7 Å². The van der Waals surface area contributed by atoms with E-state index < -0.39 is 0 Å². The monoisotopic (exact) mass is 240 g/mol. The number of hydrogen-bond acceptors (Lipinski definition) is 3. The fraction of sp³-hybridized carbons (Fsp3) is 0.364. The van der Waals surface area contributed by atoms with Crippen molar-refractivity contribution in [1.82, 2.24) is 5.32 Å². The molecule has 1 rings (SSSR count). The highest BCUT2D eigenvalue weighted by Crippen LogP contribution is 2.28. The van der Waals surface area contributed by atoms with Gasteiger partial charge < -0.3 is 20.1 Å². The average Bonchev–Trinajstić information content (AvgIpc) is 2.29. The van der Waals surface area contributed by atoms with Crippen LogP contribution < -0.4 is 20.1 Å². The molecular formula is C11H16N2O2S. The maximum absolute atomic E-state index is 5.22. The molecule has 2 N–H and O–H groups in total. The third-order valence-corrected chi connectivity index (χ3v) is 2.24. The van der Waals surface area contributed by atoms with Crippen LogP contribution in [0.3, 0.4) is 0 Å². The summed E-state index contributed by atoms with van der Waals surface area (Å²) >= 11 is 5.10. The molecule has 0 unspecified atom stereocenters. The summed E-state index contributed by atoms with van der Waals surface area (Å²) in [4.78, 5) is 0. The first-order chi connectivity index (χ1) is 7.71. The zero-order valence-corrected chi connectivity index (χ0v) is 10.5. The zero-order chi connectivity index (χ0) is 12.0. The zero-order valence-electron chi connectivity index (χ0n) is 9.66. The normalized spacial score (nSPS) is 9.44. The van der Waals surface area contributed by atoms with E-state index in [0.29, 0.717) is 5.11 Å². The number of hydrogen-bond donors (Lipinski definition) is 2. The molecular weight excluding hydrogens is 224 g/mol. The molecule has 0 fully saturated rings. The van der Waals surface area contributed by atoms with E-state index >= 15 is 0 Å². The van der Waals surface area contributed by atoms with Gasteiger partial charge in [-0.1, -0.05) is 0 Å². The summed E-state index contributed by atoms with van der Waals surface area (Å²) in [5, 5.41) is 6.62. The van der Waals surface area contributed by atoms with E-state index in [1.807, 2.05) is 25.1 Å². The van der Waals surface area contributed by atoms with Crippen molar-refractivity contribution in [1.29, 1.82) is 0 Å². The molecule has 0 radical (unpaired) electrons. The van der Waals surface area contributed by atoms with Crippen LogP contribution in [0.5, 0.6) is 11.5 Å². The van der Waals surface area contributed by atoms with E-state index in [0.717, 1.165) is 23.7 Å². The largest absolute Gasteiger partial charge is 0.497 e. The lowest BCUT2D eigenvalue weighted by molar-refractivity contribution is 0.405. The lowest BCUT2D eigenvalue weighted by Gasteiger charge is -2.13. The van der Waals surface area contributed by atoms with Gasteiger partial charge in [0.2, 0.25) is 0 Å². The number of rotatable bonds is 4. The molecule has 1 aromatic carbocycles.